The van der Waals surface area contributed by atoms with Gasteiger partial charge in [-0.05, 0) is 43.2 Å². The lowest BCUT2D eigenvalue weighted by molar-refractivity contribution is 0.668. The smallest absolute Gasteiger partial charge is 0.0435 e. The molecule has 1 aromatic rings. The molecule has 0 amide bonds. The molecule has 14 heavy (non-hydrogen) atoms. The maximum Gasteiger partial charge on any atom is 0.0435 e. The molecule has 0 N–H and O–H groups in total. The van der Waals surface area contributed by atoms with E-state index in [9.17, 15) is 0 Å². The molecule has 0 unspecified atom stereocenters. The highest BCUT2D eigenvalue weighted by Gasteiger charge is 2.07. The van der Waals surface area contributed by atoms with E-state index in [0.717, 1.165) is 5.92 Å². The molecule has 1 heterocycles. The van der Waals surface area contributed by atoms with Gasteiger partial charge in [0.1, 0.15) is 0 Å². The number of aromatic nitrogens is 1. The molecule has 2 rings (SSSR count). The van der Waals surface area contributed by atoms with Gasteiger partial charge in [-0.2, -0.15) is 0 Å². The molecule has 0 bridgehead atoms. The van der Waals surface area contributed by atoms with Gasteiger partial charge in [-0.3, -0.25) is 4.98 Å². The summed E-state index contributed by atoms with van der Waals surface area (Å²) >= 11 is 0. The standard InChI is InChI=1S/C9H11N.C4H10/c1-2-6-9-8(4-1)5-3-7-10-9;1-4(2)3/h3,5,7H,1-2,4,6H2;4H,1-3H3. The van der Waals surface area contributed by atoms with Crippen molar-refractivity contribution >= 4 is 0 Å². The quantitative estimate of drug-likeness (QED) is 0.610. The van der Waals surface area contributed by atoms with Crippen molar-refractivity contribution in [3.63, 3.8) is 0 Å². The molecule has 0 spiro atoms. The molecule has 1 aliphatic rings. The van der Waals surface area contributed by atoms with Gasteiger partial charge >= 0.3 is 0 Å². The molecule has 0 fully saturated rings. The normalized spacial score (nSPS) is 14.3. The van der Waals surface area contributed by atoms with E-state index in [1.165, 1.54) is 36.9 Å². The van der Waals surface area contributed by atoms with Crippen molar-refractivity contribution in [2.45, 2.75) is 46.5 Å². The summed E-state index contributed by atoms with van der Waals surface area (Å²) in [5.74, 6) is 0.833. The molecule has 1 aliphatic carbocycles. The van der Waals surface area contributed by atoms with Crippen LogP contribution < -0.4 is 0 Å². The Morgan fingerprint density at radius 3 is 2.43 bits per heavy atom. The molecular weight excluding hydrogens is 170 g/mol. The van der Waals surface area contributed by atoms with Gasteiger partial charge < -0.3 is 0 Å². The number of hydrogen-bond acceptors (Lipinski definition) is 1. The van der Waals surface area contributed by atoms with Gasteiger partial charge in [-0.25, -0.2) is 0 Å². The van der Waals surface area contributed by atoms with Crippen molar-refractivity contribution in [3.8, 4) is 0 Å². The fourth-order valence-corrected chi connectivity index (χ4v) is 1.53. The van der Waals surface area contributed by atoms with E-state index < -0.39 is 0 Å². The van der Waals surface area contributed by atoms with Crippen LogP contribution in [0.15, 0.2) is 18.3 Å². The van der Waals surface area contributed by atoms with Crippen LogP contribution in [-0.4, -0.2) is 4.98 Å². The summed E-state index contributed by atoms with van der Waals surface area (Å²) in [6.07, 6.45) is 6.99. The van der Waals surface area contributed by atoms with Crippen LogP contribution in [0.4, 0.5) is 0 Å². The summed E-state index contributed by atoms with van der Waals surface area (Å²) in [6, 6.07) is 4.23. The van der Waals surface area contributed by atoms with Crippen molar-refractivity contribution in [1.29, 1.82) is 0 Å². The van der Waals surface area contributed by atoms with E-state index in [4.69, 9.17) is 0 Å². The third-order valence-electron chi connectivity index (χ3n) is 2.09. The van der Waals surface area contributed by atoms with Gasteiger partial charge in [0.25, 0.3) is 0 Å². The molecule has 1 nitrogen and oxygen atoms in total. The van der Waals surface area contributed by atoms with Crippen LogP contribution in [0, 0.1) is 5.92 Å². The molecule has 0 atom stereocenters. The van der Waals surface area contributed by atoms with Crippen LogP contribution in [-0.2, 0) is 12.8 Å². The first-order valence-electron chi connectivity index (χ1n) is 5.63. The number of pyridine rings is 1. The van der Waals surface area contributed by atoms with Crippen molar-refractivity contribution in [3.05, 3.63) is 29.6 Å². The predicted molar refractivity (Wildman–Crippen MR) is 61.4 cm³/mol. The van der Waals surface area contributed by atoms with Crippen molar-refractivity contribution < 1.29 is 0 Å². The highest BCUT2D eigenvalue weighted by atomic mass is 14.7. The summed E-state index contributed by atoms with van der Waals surface area (Å²) in [5.41, 5.74) is 2.79. The van der Waals surface area contributed by atoms with Gasteiger partial charge in [0.15, 0.2) is 0 Å². The summed E-state index contributed by atoms with van der Waals surface area (Å²) in [5, 5.41) is 0. The highest BCUT2D eigenvalue weighted by molar-refractivity contribution is 5.21. The lowest BCUT2D eigenvalue weighted by Gasteiger charge is -2.12. The van der Waals surface area contributed by atoms with E-state index in [1.807, 2.05) is 12.3 Å². The molecule has 78 valence electrons. The molecule has 0 aromatic carbocycles. The number of nitrogens with zero attached hydrogens (tertiary/aromatic N) is 1. The fourth-order valence-electron chi connectivity index (χ4n) is 1.53. The van der Waals surface area contributed by atoms with Gasteiger partial charge in [0, 0.05) is 11.9 Å². The molecular formula is C13H21N. The highest BCUT2D eigenvalue weighted by Crippen LogP contribution is 2.17. The molecule has 0 saturated heterocycles. The Labute approximate surface area is 87.6 Å². The van der Waals surface area contributed by atoms with Crippen LogP contribution in [0.5, 0.6) is 0 Å². The van der Waals surface area contributed by atoms with Crippen molar-refractivity contribution in [2.75, 3.05) is 0 Å². The molecule has 0 saturated carbocycles. The fraction of sp³-hybridized carbons (Fsp3) is 0.615. The zero-order chi connectivity index (χ0) is 10.4. The maximum absolute atomic E-state index is 4.32. The Bertz CT molecular complexity index is 238. The molecule has 0 radical (unpaired) electrons. The van der Waals surface area contributed by atoms with Crippen LogP contribution >= 0.6 is 0 Å². The summed E-state index contributed by atoms with van der Waals surface area (Å²) in [4.78, 5) is 4.32. The zero-order valence-corrected chi connectivity index (χ0v) is 9.59. The molecule has 0 aliphatic heterocycles. The van der Waals surface area contributed by atoms with E-state index in [-0.39, 0.29) is 0 Å². The third-order valence-corrected chi connectivity index (χ3v) is 2.09. The SMILES string of the molecule is CC(C)C.c1cnc2c(c1)CCCC2. The largest absolute Gasteiger partial charge is 0.261 e. The van der Waals surface area contributed by atoms with E-state index in [1.54, 1.807) is 0 Å². The second kappa shape index (κ2) is 5.79. The Hall–Kier alpha value is -0.850. The summed E-state index contributed by atoms with van der Waals surface area (Å²) in [6.45, 7) is 6.50. The Morgan fingerprint density at radius 1 is 1.14 bits per heavy atom. The van der Waals surface area contributed by atoms with Gasteiger partial charge in [-0.1, -0.05) is 26.8 Å². The lowest BCUT2D eigenvalue weighted by atomic mass is 9.96. The van der Waals surface area contributed by atoms with Gasteiger partial charge in [0.2, 0.25) is 0 Å². The number of fused-ring (bicyclic) bond motifs is 1. The van der Waals surface area contributed by atoms with Crippen LogP contribution in [0.3, 0.4) is 0 Å². The topological polar surface area (TPSA) is 12.9 Å². The summed E-state index contributed by atoms with van der Waals surface area (Å²) in [7, 11) is 0. The Balaban J connectivity index is 0.000000213. The minimum absolute atomic E-state index is 0.833. The first-order chi connectivity index (χ1) is 6.70. The first kappa shape index (κ1) is 11.2. The zero-order valence-electron chi connectivity index (χ0n) is 9.59. The minimum Gasteiger partial charge on any atom is -0.261 e. The van der Waals surface area contributed by atoms with Crippen LogP contribution in [0.25, 0.3) is 0 Å². The Morgan fingerprint density at radius 2 is 1.79 bits per heavy atom. The third kappa shape index (κ3) is 3.91. The number of aryl methyl sites for hydroxylation is 2. The Kier molecular flexibility index (Phi) is 4.64. The maximum atomic E-state index is 4.32. The number of rotatable bonds is 0. The monoisotopic (exact) mass is 191 g/mol. The van der Waals surface area contributed by atoms with Gasteiger partial charge in [0.05, 0.1) is 0 Å². The minimum atomic E-state index is 0.833. The van der Waals surface area contributed by atoms with Crippen molar-refractivity contribution in [1.82, 2.24) is 4.98 Å². The van der Waals surface area contributed by atoms with E-state index in [0.29, 0.717) is 0 Å². The predicted octanol–water partition coefficient (Wildman–Crippen LogP) is 3.62. The average Bonchev–Trinajstić information content (AvgIpc) is 2.17. The van der Waals surface area contributed by atoms with Gasteiger partial charge in [-0.15, -0.1) is 0 Å². The average molecular weight is 191 g/mol. The second-order valence-electron chi connectivity index (χ2n) is 4.55. The summed E-state index contributed by atoms with van der Waals surface area (Å²) < 4.78 is 0. The van der Waals surface area contributed by atoms with E-state index in [2.05, 4.69) is 31.8 Å². The molecule has 1 heteroatoms. The van der Waals surface area contributed by atoms with Crippen LogP contribution in [0.2, 0.25) is 0 Å². The van der Waals surface area contributed by atoms with E-state index >= 15 is 0 Å². The molecule has 1 aromatic heterocycles. The van der Waals surface area contributed by atoms with Crippen molar-refractivity contribution in [2.24, 2.45) is 5.92 Å². The lowest BCUT2D eigenvalue weighted by Crippen LogP contribution is -2.03. The number of hydrogen-bond donors (Lipinski definition) is 0. The second-order valence-corrected chi connectivity index (χ2v) is 4.55. The van der Waals surface area contributed by atoms with Crippen LogP contribution in [0.1, 0.15) is 44.9 Å². The first-order valence-corrected chi connectivity index (χ1v) is 5.63.